The normalized spacial score (nSPS) is 15.6. The zero-order chi connectivity index (χ0) is 24.4. The van der Waals surface area contributed by atoms with Crippen LogP contribution in [-0.2, 0) is 4.79 Å². The van der Waals surface area contributed by atoms with Crippen molar-refractivity contribution in [2.24, 2.45) is 0 Å². The maximum absolute atomic E-state index is 13.8. The summed E-state index contributed by atoms with van der Waals surface area (Å²) in [6, 6.07) is 20.1. The van der Waals surface area contributed by atoms with Crippen LogP contribution < -0.4 is 16.2 Å². The highest BCUT2D eigenvalue weighted by Crippen LogP contribution is 2.29. The minimum atomic E-state index is -0.254. The molecule has 1 aliphatic heterocycles. The molecule has 35 heavy (non-hydrogen) atoms. The Hall–Kier alpha value is -4.58. The standard InChI is InChI=1S/C26H24N6O3/c27-14-12-23(33)30-16-4-5-19(17-30)31-22-13-15-29-25(28)24(22)32(26(31)34)18-8-10-21(11-9-18)35-20-6-2-1-3-7-20/h1-3,6-11,13,15,19H,4-5,12,16-17H2,(H2,28,29)/t19-/m1/s1. The van der Waals surface area contributed by atoms with Gasteiger partial charge in [-0.05, 0) is 55.3 Å². The van der Waals surface area contributed by atoms with Crippen molar-refractivity contribution < 1.29 is 9.53 Å². The summed E-state index contributed by atoms with van der Waals surface area (Å²) in [6.45, 7) is 0.947. The molecular weight excluding hydrogens is 444 g/mol. The minimum absolute atomic E-state index is 0.169. The molecule has 1 atom stereocenters. The van der Waals surface area contributed by atoms with Crippen LogP contribution in [0.5, 0.6) is 11.5 Å². The second-order valence-electron chi connectivity index (χ2n) is 8.43. The molecule has 5 rings (SSSR count). The maximum atomic E-state index is 13.8. The zero-order valence-electron chi connectivity index (χ0n) is 19.0. The Kier molecular flexibility index (Phi) is 5.94. The first-order chi connectivity index (χ1) is 17.1. The van der Waals surface area contributed by atoms with Gasteiger partial charge in [-0.2, -0.15) is 5.26 Å². The number of hydrogen-bond acceptors (Lipinski definition) is 6. The SMILES string of the molecule is N#CCC(=O)N1CCC[C@@H](n2c(=O)n(-c3ccc(Oc4ccccc4)cc3)c3c(N)nccc32)C1. The first kappa shape index (κ1) is 22.2. The van der Waals surface area contributed by atoms with Crippen LogP contribution in [0.4, 0.5) is 5.82 Å². The van der Waals surface area contributed by atoms with Crippen molar-refractivity contribution in [3.05, 3.63) is 77.3 Å². The van der Waals surface area contributed by atoms with Gasteiger partial charge in [0.1, 0.15) is 29.3 Å². The summed E-state index contributed by atoms with van der Waals surface area (Å²) in [5, 5.41) is 8.91. The third-order valence-corrected chi connectivity index (χ3v) is 6.23. The number of nitrogens with zero attached hydrogens (tertiary/aromatic N) is 5. The van der Waals surface area contributed by atoms with E-state index in [2.05, 4.69) is 4.98 Å². The molecule has 0 radical (unpaired) electrons. The minimum Gasteiger partial charge on any atom is -0.457 e. The highest BCUT2D eigenvalue weighted by Gasteiger charge is 2.29. The molecule has 1 aliphatic rings. The number of hydrogen-bond donors (Lipinski definition) is 1. The van der Waals surface area contributed by atoms with E-state index in [1.807, 2.05) is 36.4 Å². The number of carbonyl (C=O) groups is 1. The fourth-order valence-electron chi connectivity index (χ4n) is 4.64. The molecule has 1 amide bonds. The second-order valence-corrected chi connectivity index (χ2v) is 8.43. The number of nitriles is 1. The van der Waals surface area contributed by atoms with Crippen molar-refractivity contribution in [2.45, 2.75) is 25.3 Å². The van der Waals surface area contributed by atoms with E-state index in [4.69, 9.17) is 15.7 Å². The van der Waals surface area contributed by atoms with E-state index in [0.717, 1.165) is 18.6 Å². The zero-order valence-corrected chi connectivity index (χ0v) is 19.0. The van der Waals surface area contributed by atoms with Crippen LogP contribution in [0.15, 0.2) is 71.7 Å². The van der Waals surface area contributed by atoms with Crippen LogP contribution in [0.1, 0.15) is 25.3 Å². The predicted molar refractivity (Wildman–Crippen MR) is 131 cm³/mol. The van der Waals surface area contributed by atoms with E-state index >= 15 is 0 Å². The van der Waals surface area contributed by atoms with Gasteiger partial charge in [0, 0.05) is 19.3 Å². The number of pyridine rings is 1. The summed E-state index contributed by atoms with van der Waals surface area (Å²) >= 11 is 0. The Morgan fingerprint density at radius 1 is 1.11 bits per heavy atom. The van der Waals surface area contributed by atoms with Crippen molar-refractivity contribution in [1.82, 2.24) is 19.0 Å². The molecule has 1 fully saturated rings. The van der Waals surface area contributed by atoms with Crippen molar-refractivity contribution in [3.63, 3.8) is 0 Å². The molecule has 2 N–H and O–H groups in total. The Balaban J connectivity index is 1.54. The number of fused-ring (bicyclic) bond motifs is 1. The molecule has 9 heteroatoms. The van der Waals surface area contributed by atoms with Crippen LogP contribution in [0.25, 0.3) is 16.7 Å². The fraction of sp³-hybridized carbons (Fsp3) is 0.231. The van der Waals surface area contributed by atoms with E-state index in [9.17, 15) is 9.59 Å². The van der Waals surface area contributed by atoms with E-state index in [1.165, 1.54) is 0 Å². The van der Waals surface area contributed by atoms with Crippen LogP contribution >= 0.6 is 0 Å². The van der Waals surface area contributed by atoms with Gasteiger partial charge in [0.05, 0.1) is 23.3 Å². The van der Waals surface area contributed by atoms with Crippen molar-refractivity contribution in [2.75, 3.05) is 18.8 Å². The van der Waals surface area contributed by atoms with Gasteiger partial charge >= 0.3 is 5.69 Å². The topological polar surface area (TPSA) is 119 Å². The lowest BCUT2D eigenvalue weighted by atomic mass is 10.0. The molecule has 0 aliphatic carbocycles. The third kappa shape index (κ3) is 4.22. The number of amides is 1. The maximum Gasteiger partial charge on any atom is 0.334 e. The largest absolute Gasteiger partial charge is 0.457 e. The number of piperidine rings is 1. The summed E-state index contributed by atoms with van der Waals surface area (Å²) in [7, 11) is 0. The summed E-state index contributed by atoms with van der Waals surface area (Å²) in [6.07, 6.45) is 2.89. The lowest BCUT2D eigenvalue weighted by Gasteiger charge is -2.33. The van der Waals surface area contributed by atoms with Gasteiger partial charge in [-0.25, -0.2) is 9.78 Å². The molecule has 2 aromatic carbocycles. The van der Waals surface area contributed by atoms with Gasteiger partial charge in [-0.3, -0.25) is 13.9 Å². The molecular formula is C26H24N6O3. The first-order valence-electron chi connectivity index (χ1n) is 11.4. The Morgan fingerprint density at radius 2 is 1.86 bits per heavy atom. The summed E-state index contributed by atoms with van der Waals surface area (Å²) in [4.78, 5) is 32.0. The van der Waals surface area contributed by atoms with E-state index in [1.54, 1.807) is 50.6 Å². The quantitative estimate of drug-likeness (QED) is 0.478. The number of benzene rings is 2. The lowest BCUT2D eigenvalue weighted by Crippen LogP contribution is -2.42. The number of nitrogen functional groups attached to an aromatic ring is 1. The van der Waals surface area contributed by atoms with Crippen molar-refractivity contribution in [1.29, 1.82) is 5.26 Å². The molecule has 0 bridgehead atoms. The van der Waals surface area contributed by atoms with Crippen LogP contribution in [0, 0.1) is 11.3 Å². The Bertz CT molecular complexity index is 1470. The van der Waals surface area contributed by atoms with E-state index < -0.39 is 0 Å². The number of likely N-dealkylation sites (tertiary alicyclic amines) is 1. The molecule has 4 aromatic rings. The number of carbonyl (C=O) groups excluding carboxylic acids is 1. The molecule has 3 heterocycles. The average molecular weight is 469 g/mol. The molecule has 0 unspecified atom stereocenters. The number of imidazole rings is 1. The van der Waals surface area contributed by atoms with Crippen LogP contribution in [0.3, 0.4) is 0 Å². The molecule has 9 nitrogen and oxygen atoms in total. The average Bonchev–Trinajstić information content (AvgIpc) is 3.18. The number of ether oxygens (including phenoxy) is 1. The summed E-state index contributed by atoms with van der Waals surface area (Å²) in [5.41, 5.74) is 7.80. The van der Waals surface area contributed by atoms with Gasteiger partial charge in [-0.1, -0.05) is 18.2 Å². The van der Waals surface area contributed by atoms with Gasteiger partial charge in [-0.15, -0.1) is 0 Å². The van der Waals surface area contributed by atoms with Crippen molar-refractivity contribution in [3.8, 4) is 23.3 Å². The second kappa shape index (κ2) is 9.35. The number of para-hydroxylation sites is 1. The van der Waals surface area contributed by atoms with Gasteiger partial charge < -0.3 is 15.4 Å². The molecule has 2 aromatic heterocycles. The molecule has 0 saturated carbocycles. The monoisotopic (exact) mass is 468 g/mol. The van der Waals surface area contributed by atoms with Crippen LogP contribution in [0.2, 0.25) is 0 Å². The van der Waals surface area contributed by atoms with E-state index in [0.29, 0.717) is 35.6 Å². The lowest BCUT2D eigenvalue weighted by molar-refractivity contribution is -0.131. The smallest absolute Gasteiger partial charge is 0.334 e. The fourth-order valence-corrected chi connectivity index (χ4v) is 4.64. The predicted octanol–water partition coefficient (Wildman–Crippen LogP) is 3.64. The third-order valence-electron chi connectivity index (χ3n) is 6.23. The molecule has 0 spiro atoms. The summed E-state index contributed by atoms with van der Waals surface area (Å²) in [5.74, 6) is 1.39. The van der Waals surface area contributed by atoms with E-state index in [-0.39, 0.29) is 29.9 Å². The molecule has 1 saturated heterocycles. The Morgan fingerprint density at radius 3 is 2.60 bits per heavy atom. The van der Waals surface area contributed by atoms with Crippen LogP contribution in [-0.4, -0.2) is 38.0 Å². The van der Waals surface area contributed by atoms with Crippen molar-refractivity contribution >= 4 is 22.8 Å². The summed E-state index contributed by atoms with van der Waals surface area (Å²) < 4.78 is 9.13. The van der Waals surface area contributed by atoms with Gasteiger partial charge in [0.25, 0.3) is 0 Å². The van der Waals surface area contributed by atoms with Gasteiger partial charge in [0.2, 0.25) is 5.91 Å². The van der Waals surface area contributed by atoms with Gasteiger partial charge in [0.15, 0.2) is 0 Å². The number of rotatable bonds is 5. The number of aromatic nitrogens is 3. The molecule has 176 valence electrons. The highest BCUT2D eigenvalue weighted by molar-refractivity contribution is 5.87. The first-order valence-corrected chi connectivity index (χ1v) is 11.4. The number of anilines is 1. The Labute approximate surface area is 201 Å². The number of nitrogens with two attached hydrogens (primary N) is 1. The highest BCUT2D eigenvalue weighted by atomic mass is 16.5.